The number of aliphatic hydroxyl groups is 4. The van der Waals surface area contributed by atoms with Crippen LogP contribution in [0.25, 0.3) is 0 Å². The Morgan fingerprint density at radius 2 is 0.647 bits per heavy atom. The zero-order chi connectivity index (χ0) is 26.1. The lowest BCUT2D eigenvalue weighted by Gasteiger charge is -2.01. The number of carboxylic acids is 2. The first-order valence-corrected chi connectivity index (χ1v) is 11.6. The summed E-state index contributed by atoms with van der Waals surface area (Å²) >= 11 is 0. The number of hydrogen-bond acceptors (Lipinski definition) is 10. The van der Waals surface area contributed by atoms with Gasteiger partial charge in [-0.3, -0.25) is 9.59 Å². The minimum absolute atomic E-state index is 0.0417. The minimum atomic E-state index is -0.740. The topological polar surface area (TPSA) is 192 Å². The Labute approximate surface area is 202 Å². The molecule has 0 saturated heterocycles. The second-order valence-electron chi connectivity index (χ2n) is 6.75. The Kier molecular flexibility index (Phi) is 39.6. The lowest BCUT2D eigenvalue weighted by atomic mass is 10.1. The van der Waals surface area contributed by atoms with Gasteiger partial charge in [0.05, 0.1) is 79.3 Å². The molecule has 0 bridgehead atoms. The summed E-state index contributed by atoms with van der Waals surface area (Å²) in [4.78, 5) is 20.3. The Hall–Kier alpha value is -1.38. The molecule has 0 aromatic rings. The SMILES string of the molecule is O=C(O)CCCCCCCCC(=O)O.OCCOCCOCCO.OCCOCCOCCO. The van der Waals surface area contributed by atoms with E-state index in [1.54, 1.807) is 0 Å². The molecule has 0 atom stereocenters. The van der Waals surface area contributed by atoms with Crippen LogP contribution in [0.5, 0.6) is 0 Å². The third-order valence-electron chi connectivity index (χ3n) is 3.72. The molecule has 0 saturated carbocycles. The molecule has 0 aliphatic heterocycles. The highest BCUT2D eigenvalue weighted by molar-refractivity contribution is 5.66. The van der Waals surface area contributed by atoms with Crippen molar-refractivity contribution >= 4 is 11.9 Å². The van der Waals surface area contributed by atoms with Gasteiger partial charge in [-0.2, -0.15) is 0 Å². The fourth-order valence-electron chi connectivity index (χ4n) is 2.16. The maximum absolute atomic E-state index is 10.1. The lowest BCUT2D eigenvalue weighted by molar-refractivity contribution is -0.138. The van der Waals surface area contributed by atoms with Gasteiger partial charge in [-0.15, -0.1) is 0 Å². The highest BCUT2D eigenvalue weighted by Gasteiger charge is 1.98. The van der Waals surface area contributed by atoms with Crippen molar-refractivity contribution in [2.45, 2.75) is 51.4 Å². The molecule has 12 nitrogen and oxygen atoms in total. The summed E-state index contributed by atoms with van der Waals surface area (Å²) < 4.78 is 19.5. The molecular formula is C22H46O12. The quantitative estimate of drug-likeness (QED) is 0.105. The molecule has 0 aliphatic carbocycles. The van der Waals surface area contributed by atoms with Gasteiger partial charge in [0, 0.05) is 12.8 Å². The normalized spacial score (nSPS) is 10.1. The Morgan fingerprint density at radius 1 is 0.412 bits per heavy atom. The van der Waals surface area contributed by atoms with E-state index in [4.69, 9.17) is 49.6 Å². The highest BCUT2D eigenvalue weighted by Crippen LogP contribution is 2.08. The van der Waals surface area contributed by atoms with Gasteiger partial charge >= 0.3 is 11.9 Å². The number of carbonyl (C=O) groups is 2. The van der Waals surface area contributed by atoms with E-state index in [1.165, 1.54) is 0 Å². The molecule has 34 heavy (non-hydrogen) atoms. The number of unbranched alkanes of at least 4 members (excludes halogenated alkanes) is 5. The fraction of sp³-hybridized carbons (Fsp3) is 0.909. The Bertz CT molecular complexity index is 344. The van der Waals surface area contributed by atoms with E-state index in [1.807, 2.05) is 0 Å². The number of rotatable bonds is 23. The van der Waals surface area contributed by atoms with E-state index in [0.717, 1.165) is 38.5 Å². The summed E-state index contributed by atoms with van der Waals surface area (Å²) in [5, 5.41) is 49.8. The van der Waals surface area contributed by atoms with Gasteiger partial charge in [0.2, 0.25) is 0 Å². The van der Waals surface area contributed by atoms with E-state index in [9.17, 15) is 9.59 Å². The van der Waals surface area contributed by atoms with Crippen molar-refractivity contribution in [3.63, 3.8) is 0 Å². The smallest absolute Gasteiger partial charge is 0.303 e. The second-order valence-corrected chi connectivity index (χ2v) is 6.75. The third kappa shape index (κ3) is 48.2. The van der Waals surface area contributed by atoms with Crippen molar-refractivity contribution in [3.05, 3.63) is 0 Å². The first kappa shape index (κ1) is 37.2. The van der Waals surface area contributed by atoms with Gasteiger partial charge in [0.15, 0.2) is 0 Å². The maximum Gasteiger partial charge on any atom is 0.303 e. The number of carboxylic acid groups (broad SMARTS) is 2. The van der Waals surface area contributed by atoms with Gasteiger partial charge in [-0.25, -0.2) is 0 Å². The van der Waals surface area contributed by atoms with Gasteiger partial charge < -0.3 is 49.6 Å². The van der Waals surface area contributed by atoms with E-state index in [-0.39, 0.29) is 39.3 Å². The summed E-state index contributed by atoms with van der Waals surface area (Å²) in [5.74, 6) is -1.48. The van der Waals surface area contributed by atoms with Crippen LogP contribution in [0, 0.1) is 0 Å². The van der Waals surface area contributed by atoms with Crippen LogP contribution in [-0.2, 0) is 28.5 Å². The van der Waals surface area contributed by atoms with Crippen LogP contribution < -0.4 is 0 Å². The molecule has 0 amide bonds. The van der Waals surface area contributed by atoms with Gasteiger partial charge in [0.1, 0.15) is 0 Å². The molecule has 0 aromatic heterocycles. The van der Waals surface area contributed by atoms with Gasteiger partial charge in [-0.1, -0.05) is 25.7 Å². The van der Waals surface area contributed by atoms with Crippen LogP contribution in [-0.4, -0.2) is 122 Å². The summed E-state index contributed by atoms with van der Waals surface area (Å²) in [6.45, 7) is 3.46. The van der Waals surface area contributed by atoms with Crippen LogP contribution in [0.15, 0.2) is 0 Å². The maximum atomic E-state index is 10.1. The van der Waals surface area contributed by atoms with E-state index in [2.05, 4.69) is 0 Å². The number of hydrogen-bond donors (Lipinski definition) is 6. The molecule has 0 radical (unpaired) electrons. The summed E-state index contributed by atoms with van der Waals surface area (Å²) in [6, 6.07) is 0. The number of aliphatic hydroxyl groups excluding tert-OH is 4. The van der Waals surface area contributed by atoms with Crippen LogP contribution in [0.3, 0.4) is 0 Å². The van der Waals surface area contributed by atoms with Crippen LogP contribution in [0.4, 0.5) is 0 Å². The average molecular weight is 503 g/mol. The zero-order valence-electron chi connectivity index (χ0n) is 20.3. The Balaban J connectivity index is -0.000000434. The third-order valence-corrected chi connectivity index (χ3v) is 3.72. The van der Waals surface area contributed by atoms with Gasteiger partial charge in [0.25, 0.3) is 0 Å². The molecule has 0 spiro atoms. The predicted octanol–water partition coefficient (Wildman–Crippen LogP) is 0.285. The average Bonchev–Trinajstić information content (AvgIpc) is 2.81. The molecule has 12 heteroatoms. The van der Waals surface area contributed by atoms with Crippen LogP contribution in [0.2, 0.25) is 0 Å². The molecule has 0 heterocycles. The predicted molar refractivity (Wildman–Crippen MR) is 124 cm³/mol. The summed E-state index contributed by atoms with van der Waals surface area (Å²) in [7, 11) is 0. The standard InChI is InChI=1S/C10H18O4.2C6H14O4/c11-9(12)7-5-3-1-2-4-6-8-10(13)14;2*7-1-3-9-5-6-10-4-2-8/h1-8H2,(H,11,12)(H,13,14);2*7-8H,1-6H2. The zero-order valence-corrected chi connectivity index (χ0v) is 20.3. The van der Waals surface area contributed by atoms with Crippen LogP contribution in [0.1, 0.15) is 51.4 Å². The molecule has 0 fully saturated rings. The fourth-order valence-corrected chi connectivity index (χ4v) is 2.16. The highest BCUT2D eigenvalue weighted by atomic mass is 16.5. The second kappa shape index (κ2) is 36.2. The monoisotopic (exact) mass is 502 g/mol. The summed E-state index contributed by atoms with van der Waals surface area (Å²) in [6.07, 6.45) is 5.82. The van der Waals surface area contributed by atoms with Crippen molar-refractivity contribution in [1.29, 1.82) is 0 Å². The van der Waals surface area contributed by atoms with Gasteiger partial charge in [-0.05, 0) is 12.8 Å². The van der Waals surface area contributed by atoms with E-state index >= 15 is 0 Å². The Morgan fingerprint density at radius 3 is 0.853 bits per heavy atom. The molecule has 0 unspecified atom stereocenters. The molecule has 0 rings (SSSR count). The number of ether oxygens (including phenoxy) is 4. The van der Waals surface area contributed by atoms with Crippen molar-refractivity contribution < 1.29 is 59.2 Å². The van der Waals surface area contributed by atoms with Crippen molar-refractivity contribution in [2.24, 2.45) is 0 Å². The van der Waals surface area contributed by atoms with E-state index in [0.29, 0.717) is 52.9 Å². The molecule has 6 N–H and O–H groups in total. The lowest BCUT2D eigenvalue weighted by Crippen LogP contribution is -2.09. The molecule has 0 aliphatic rings. The molecular weight excluding hydrogens is 456 g/mol. The first-order chi connectivity index (χ1) is 16.5. The largest absolute Gasteiger partial charge is 0.481 e. The van der Waals surface area contributed by atoms with E-state index < -0.39 is 11.9 Å². The number of aliphatic carboxylic acids is 2. The van der Waals surface area contributed by atoms with Crippen LogP contribution >= 0.6 is 0 Å². The van der Waals surface area contributed by atoms with Crippen molar-refractivity contribution in [2.75, 3.05) is 79.3 Å². The minimum Gasteiger partial charge on any atom is -0.481 e. The van der Waals surface area contributed by atoms with Crippen molar-refractivity contribution in [1.82, 2.24) is 0 Å². The molecule has 206 valence electrons. The van der Waals surface area contributed by atoms with Crippen molar-refractivity contribution in [3.8, 4) is 0 Å². The molecule has 0 aromatic carbocycles. The summed E-state index contributed by atoms with van der Waals surface area (Å²) in [5.41, 5.74) is 0. The first-order valence-electron chi connectivity index (χ1n) is 11.6.